The van der Waals surface area contributed by atoms with Gasteiger partial charge in [-0.1, -0.05) is 54.6 Å². The second-order valence-electron chi connectivity index (χ2n) is 10.1. The maximum absolute atomic E-state index is 13.9. The van der Waals surface area contributed by atoms with Crippen molar-refractivity contribution in [1.29, 1.82) is 0 Å². The number of nitrogens with zero attached hydrogens (tertiary/aromatic N) is 1. The normalized spacial score (nSPS) is 15.3. The molecule has 4 aromatic rings. The number of H-pyrrole nitrogens is 1. The summed E-state index contributed by atoms with van der Waals surface area (Å²) >= 11 is 0. The molecule has 2 heterocycles. The molecule has 1 aliphatic heterocycles. The van der Waals surface area contributed by atoms with Gasteiger partial charge in [-0.25, -0.2) is 4.79 Å². The third kappa shape index (κ3) is 6.13. The molecule has 4 N–H and O–H groups in total. The molecule has 0 saturated carbocycles. The van der Waals surface area contributed by atoms with Crippen LogP contribution in [0.5, 0.6) is 5.75 Å². The highest BCUT2D eigenvalue weighted by atomic mass is 16.5. The van der Waals surface area contributed by atoms with Crippen LogP contribution in [0.2, 0.25) is 0 Å². The highest BCUT2D eigenvalue weighted by molar-refractivity contribution is 5.92. The zero-order valence-corrected chi connectivity index (χ0v) is 22.8. The molecular formula is C32H36N4O4. The van der Waals surface area contributed by atoms with Crippen molar-refractivity contribution in [2.45, 2.75) is 50.9 Å². The summed E-state index contributed by atoms with van der Waals surface area (Å²) in [4.78, 5) is 32.0. The van der Waals surface area contributed by atoms with E-state index < -0.39 is 18.1 Å². The Balaban J connectivity index is 1.43. The number of rotatable bonds is 11. The van der Waals surface area contributed by atoms with Gasteiger partial charge in [0.2, 0.25) is 5.91 Å². The number of carbonyl (C=O) groups is 2. The van der Waals surface area contributed by atoms with Crippen molar-refractivity contribution < 1.29 is 19.1 Å². The van der Waals surface area contributed by atoms with Gasteiger partial charge in [0, 0.05) is 34.8 Å². The van der Waals surface area contributed by atoms with Crippen molar-refractivity contribution in [3.8, 4) is 5.75 Å². The molecule has 0 spiro atoms. The minimum absolute atomic E-state index is 0.213. The number of nitrogens with one attached hydrogen (secondary N) is 2. The van der Waals surface area contributed by atoms with E-state index in [-0.39, 0.29) is 5.91 Å². The number of unbranched alkanes of at least 4 members (excludes halogenated alkanes) is 1. The van der Waals surface area contributed by atoms with Crippen LogP contribution in [0, 0.1) is 0 Å². The first-order chi connectivity index (χ1) is 19.6. The number of hydrogen-bond donors (Lipinski definition) is 3. The molecule has 0 radical (unpaired) electrons. The smallest absolute Gasteiger partial charge is 0.328 e. The topological polar surface area (TPSA) is 110 Å². The largest absolute Gasteiger partial charge is 0.489 e. The van der Waals surface area contributed by atoms with Crippen molar-refractivity contribution in [2.75, 3.05) is 18.6 Å². The SMILES string of the molecule is COC(=O)C(CCCCN)NC(=O)C1Cc2c([nH]c3ccccc23)CN1c1cccc(OCc2ccccc2)c1. The van der Waals surface area contributed by atoms with E-state index >= 15 is 0 Å². The number of fused-ring (bicyclic) bond motifs is 3. The van der Waals surface area contributed by atoms with E-state index in [1.165, 1.54) is 7.11 Å². The van der Waals surface area contributed by atoms with Crippen LogP contribution in [0.25, 0.3) is 10.9 Å². The van der Waals surface area contributed by atoms with E-state index in [2.05, 4.69) is 27.3 Å². The fourth-order valence-electron chi connectivity index (χ4n) is 5.36. The Morgan fingerprint density at radius 3 is 2.65 bits per heavy atom. The number of hydrogen-bond acceptors (Lipinski definition) is 6. The van der Waals surface area contributed by atoms with Crippen molar-refractivity contribution in [1.82, 2.24) is 10.3 Å². The molecule has 0 bridgehead atoms. The molecule has 0 aliphatic carbocycles. The van der Waals surface area contributed by atoms with Gasteiger partial charge in [-0.3, -0.25) is 4.79 Å². The molecule has 0 saturated heterocycles. The summed E-state index contributed by atoms with van der Waals surface area (Å²) in [7, 11) is 1.34. The van der Waals surface area contributed by atoms with Crippen LogP contribution in [0.4, 0.5) is 5.69 Å². The number of carbonyl (C=O) groups excluding carboxylic acids is 2. The standard InChI is InChI=1S/C32H36N4O4/c1-39-32(38)28(16-7-8-17-33)35-31(37)30-19-26-25-14-5-6-15-27(25)34-29(26)20-36(30)23-12-9-13-24(18-23)40-21-22-10-3-2-4-11-22/h2-6,9-15,18,28,30,34H,7-8,16-17,19-21,33H2,1H3,(H,35,37). The Morgan fingerprint density at radius 1 is 1.05 bits per heavy atom. The molecule has 208 valence electrons. The zero-order valence-electron chi connectivity index (χ0n) is 22.8. The first-order valence-electron chi connectivity index (χ1n) is 13.8. The molecule has 3 aromatic carbocycles. The Morgan fingerprint density at radius 2 is 1.85 bits per heavy atom. The summed E-state index contributed by atoms with van der Waals surface area (Å²) < 4.78 is 11.1. The van der Waals surface area contributed by atoms with Crippen LogP contribution in [0.1, 0.15) is 36.1 Å². The van der Waals surface area contributed by atoms with Gasteiger partial charge in [-0.15, -0.1) is 0 Å². The number of aromatic amines is 1. The van der Waals surface area contributed by atoms with Gasteiger partial charge in [0.1, 0.15) is 24.4 Å². The number of ether oxygens (including phenoxy) is 2. The third-order valence-corrected chi connectivity index (χ3v) is 7.45. The zero-order chi connectivity index (χ0) is 27.9. The van der Waals surface area contributed by atoms with Gasteiger partial charge in [0.25, 0.3) is 0 Å². The first kappa shape index (κ1) is 27.3. The average Bonchev–Trinajstić information content (AvgIpc) is 3.37. The van der Waals surface area contributed by atoms with Crippen LogP contribution in [-0.4, -0.2) is 42.6 Å². The van der Waals surface area contributed by atoms with Gasteiger partial charge in [0.05, 0.1) is 13.7 Å². The number of esters is 1. The maximum atomic E-state index is 13.9. The van der Waals surface area contributed by atoms with Crippen LogP contribution < -0.4 is 20.7 Å². The van der Waals surface area contributed by atoms with Gasteiger partial charge in [-0.05, 0) is 55.1 Å². The number of amides is 1. The van der Waals surface area contributed by atoms with Crippen molar-refractivity contribution in [3.63, 3.8) is 0 Å². The van der Waals surface area contributed by atoms with E-state index in [1.807, 2.05) is 66.7 Å². The number of aromatic nitrogens is 1. The Bertz CT molecular complexity index is 1450. The molecule has 1 aromatic heterocycles. The summed E-state index contributed by atoms with van der Waals surface area (Å²) in [6.07, 6.45) is 2.46. The summed E-state index contributed by atoms with van der Waals surface area (Å²) in [6, 6.07) is 24.7. The molecule has 5 rings (SSSR count). The lowest BCUT2D eigenvalue weighted by atomic mass is 9.95. The number of benzene rings is 3. The predicted molar refractivity (Wildman–Crippen MR) is 156 cm³/mol. The van der Waals surface area contributed by atoms with Gasteiger partial charge in [0.15, 0.2) is 0 Å². The van der Waals surface area contributed by atoms with Gasteiger partial charge < -0.3 is 30.4 Å². The number of para-hydroxylation sites is 1. The lowest BCUT2D eigenvalue weighted by Gasteiger charge is -2.37. The molecule has 40 heavy (non-hydrogen) atoms. The van der Waals surface area contributed by atoms with Gasteiger partial charge >= 0.3 is 5.97 Å². The molecule has 2 unspecified atom stereocenters. The van der Waals surface area contributed by atoms with Crippen LogP contribution in [0.3, 0.4) is 0 Å². The molecule has 1 aliphatic rings. The first-order valence-corrected chi connectivity index (χ1v) is 13.8. The molecule has 8 nitrogen and oxygen atoms in total. The highest BCUT2D eigenvalue weighted by Crippen LogP contribution is 2.34. The van der Waals surface area contributed by atoms with E-state index in [1.54, 1.807) is 0 Å². The monoisotopic (exact) mass is 540 g/mol. The second-order valence-corrected chi connectivity index (χ2v) is 10.1. The van der Waals surface area contributed by atoms with Crippen molar-refractivity contribution >= 4 is 28.5 Å². The molecular weight excluding hydrogens is 504 g/mol. The summed E-state index contributed by atoms with van der Waals surface area (Å²) in [5.41, 5.74) is 10.8. The van der Waals surface area contributed by atoms with E-state index in [4.69, 9.17) is 15.2 Å². The predicted octanol–water partition coefficient (Wildman–Crippen LogP) is 4.47. The Labute approximate surface area is 234 Å². The molecule has 0 fully saturated rings. The molecule has 8 heteroatoms. The van der Waals surface area contributed by atoms with Crippen molar-refractivity contribution in [3.05, 3.63) is 95.7 Å². The quantitative estimate of drug-likeness (QED) is 0.191. The van der Waals surface area contributed by atoms with E-state index in [0.717, 1.165) is 52.0 Å². The second kappa shape index (κ2) is 12.7. The molecule has 1 amide bonds. The summed E-state index contributed by atoms with van der Waals surface area (Å²) in [6.45, 7) is 1.49. The van der Waals surface area contributed by atoms with Gasteiger partial charge in [-0.2, -0.15) is 0 Å². The van der Waals surface area contributed by atoms with Crippen LogP contribution in [-0.2, 0) is 33.9 Å². The number of anilines is 1. The van der Waals surface area contributed by atoms with E-state index in [0.29, 0.717) is 32.5 Å². The lowest BCUT2D eigenvalue weighted by molar-refractivity contribution is -0.145. The summed E-state index contributed by atoms with van der Waals surface area (Å²) in [5, 5.41) is 4.10. The lowest BCUT2D eigenvalue weighted by Crippen LogP contribution is -2.54. The minimum Gasteiger partial charge on any atom is -0.489 e. The van der Waals surface area contributed by atoms with Crippen molar-refractivity contribution in [2.24, 2.45) is 5.73 Å². The number of nitrogens with two attached hydrogens (primary N) is 1. The maximum Gasteiger partial charge on any atom is 0.328 e. The third-order valence-electron chi connectivity index (χ3n) is 7.45. The Kier molecular flexibility index (Phi) is 8.66. The van der Waals surface area contributed by atoms with Crippen LogP contribution >= 0.6 is 0 Å². The van der Waals surface area contributed by atoms with Crippen LogP contribution in [0.15, 0.2) is 78.9 Å². The molecule has 2 atom stereocenters. The van der Waals surface area contributed by atoms with E-state index in [9.17, 15) is 9.59 Å². The average molecular weight is 541 g/mol. The fraction of sp³-hybridized carbons (Fsp3) is 0.312. The summed E-state index contributed by atoms with van der Waals surface area (Å²) in [5.74, 6) is 0.0590. The fourth-order valence-corrected chi connectivity index (χ4v) is 5.36. The Hall–Kier alpha value is -4.30. The number of methoxy groups -OCH3 is 1. The minimum atomic E-state index is -0.726. The highest BCUT2D eigenvalue weighted by Gasteiger charge is 2.36.